The van der Waals surface area contributed by atoms with Gasteiger partial charge in [0.15, 0.2) is 17.2 Å². The number of nitrogens with zero attached hydrogens (tertiary/aromatic N) is 2. The van der Waals surface area contributed by atoms with Gasteiger partial charge in [0.05, 0.1) is 26.0 Å². The van der Waals surface area contributed by atoms with Crippen molar-refractivity contribution >= 4 is 23.6 Å². The van der Waals surface area contributed by atoms with Gasteiger partial charge in [0.1, 0.15) is 0 Å². The van der Waals surface area contributed by atoms with E-state index in [4.69, 9.17) is 14.2 Å². The van der Waals surface area contributed by atoms with E-state index in [2.05, 4.69) is 10.4 Å². The maximum absolute atomic E-state index is 12.3. The summed E-state index contributed by atoms with van der Waals surface area (Å²) in [6.45, 7) is 4.45. The second-order valence-corrected chi connectivity index (χ2v) is 6.58. The highest BCUT2D eigenvalue weighted by atomic mass is 16.5. The van der Waals surface area contributed by atoms with E-state index in [1.807, 2.05) is 19.1 Å². The minimum absolute atomic E-state index is 0.236. The van der Waals surface area contributed by atoms with Gasteiger partial charge in [-0.25, -0.2) is 9.48 Å². The van der Waals surface area contributed by atoms with E-state index < -0.39 is 5.97 Å². The van der Waals surface area contributed by atoms with Crippen LogP contribution in [0.3, 0.4) is 0 Å². The molecule has 1 amide bonds. The van der Waals surface area contributed by atoms with Crippen molar-refractivity contribution in [2.75, 3.05) is 25.6 Å². The summed E-state index contributed by atoms with van der Waals surface area (Å²) in [5.74, 6) is 0.528. The van der Waals surface area contributed by atoms with E-state index in [0.717, 1.165) is 11.3 Å². The van der Waals surface area contributed by atoms with Crippen molar-refractivity contribution in [1.82, 2.24) is 9.78 Å². The lowest BCUT2D eigenvalue weighted by atomic mass is 10.2. The standard InChI is InChI=1S/C24H25N3O5/c1-4-31-22-16-17(6-12-21(22)30-3)7-13-23(28)25-18-8-10-19(11-9-18)27-15-14-20(26-27)24(29)32-5-2/h6-16H,4-5H2,1-3H3,(H,25,28). The number of carbonyl (C=O) groups excluding carboxylic acids is 2. The SMILES string of the molecule is CCOC(=O)c1ccn(-c2ccc(NC(=O)C=Cc3ccc(OC)c(OCC)c3)cc2)n1. The van der Waals surface area contributed by atoms with Crippen molar-refractivity contribution in [2.45, 2.75) is 13.8 Å². The fourth-order valence-electron chi connectivity index (χ4n) is 2.90. The lowest BCUT2D eigenvalue weighted by Crippen LogP contribution is -2.08. The molecule has 0 aliphatic rings. The first kappa shape index (κ1) is 22.6. The molecule has 0 unspecified atom stereocenters. The van der Waals surface area contributed by atoms with E-state index in [-0.39, 0.29) is 11.6 Å². The lowest BCUT2D eigenvalue weighted by molar-refractivity contribution is -0.111. The average molecular weight is 435 g/mol. The van der Waals surface area contributed by atoms with Crippen LogP contribution in [0.15, 0.2) is 60.8 Å². The number of aromatic nitrogens is 2. The number of esters is 1. The maximum Gasteiger partial charge on any atom is 0.358 e. The molecule has 0 radical (unpaired) electrons. The van der Waals surface area contributed by atoms with Gasteiger partial charge in [-0.3, -0.25) is 4.79 Å². The number of amides is 1. The molecule has 1 aromatic heterocycles. The summed E-state index contributed by atoms with van der Waals surface area (Å²) >= 11 is 0. The van der Waals surface area contributed by atoms with Crippen LogP contribution in [0.2, 0.25) is 0 Å². The predicted molar refractivity (Wildman–Crippen MR) is 121 cm³/mol. The molecule has 1 N–H and O–H groups in total. The van der Waals surface area contributed by atoms with Crippen LogP contribution >= 0.6 is 0 Å². The summed E-state index contributed by atoms with van der Waals surface area (Å²) < 4.78 is 17.3. The number of carbonyl (C=O) groups is 2. The van der Waals surface area contributed by atoms with Crippen molar-refractivity contribution in [3.63, 3.8) is 0 Å². The molecule has 0 aliphatic heterocycles. The summed E-state index contributed by atoms with van der Waals surface area (Å²) in [7, 11) is 1.58. The summed E-state index contributed by atoms with van der Waals surface area (Å²) in [5.41, 5.74) is 2.43. The van der Waals surface area contributed by atoms with Gasteiger partial charge in [0.25, 0.3) is 0 Å². The number of hydrogen-bond acceptors (Lipinski definition) is 6. The molecule has 0 saturated carbocycles. The van der Waals surface area contributed by atoms with Gasteiger partial charge in [-0.15, -0.1) is 0 Å². The molecular formula is C24H25N3O5. The fraction of sp³-hybridized carbons (Fsp3) is 0.208. The zero-order chi connectivity index (χ0) is 22.9. The van der Waals surface area contributed by atoms with Crippen LogP contribution in [0.25, 0.3) is 11.8 Å². The summed E-state index contributed by atoms with van der Waals surface area (Å²) in [6.07, 6.45) is 4.82. The zero-order valence-corrected chi connectivity index (χ0v) is 18.2. The molecule has 0 saturated heterocycles. The number of benzene rings is 2. The largest absolute Gasteiger partial charge is 0.493 e. The van der Waals surface area contributed by atoms with Gasteiger partial charge in [0, 0.05) is 18.0 Å². The van der Waals surface area contributed by atoms with Crippen LogP contribution in [0, 0.1) is 0 Å². The zero-order valence-electron chi connectivity index (χ0n) is 18.2. The maximum atomic E-state index is 12.3. The molecule has 3 aromatic rings. The van der Waals surface area contributed by atoms with E-state index >= 15 is 0 Å². The lowest BCUT2D eigenvalue weighted by Gasteiger charge is -2.09. The molecule has 8 nitrogen and oxygen atoms in total. The quantitative estimate of drug-likeness (QED) is 0.402. The molecule has 0 bridgehead atoms. The fourth-order valence-corrected chi connectivity index (χ4v) is 2.90. The monoisotopic (exact) mass is 435 g/mol. The van der Waals surface area contributed by atoms with Crippen LogP contribution in [-0.4, -0.2) is 42.0 Å². The van der Waals surface area contributed by atoms with Gasteiger partial charge in [0.2, 0.25) is 5.91 Å². The van der Waals surface area contributed by atoms with Gasteiger partial charge in [-0.1, -0.05) is 6.07 Å². The van der Waals surface area contributed by atoms with E-state index in [0.29, 0.717) is 30.4 Å². The summed E-state index contributed by atoms with van der Waals surface area (Å²) in [6, 6.07) is 14.1. The Morgan fingerprint density at radius 3 is 2.50 bits per heavy atom. The van der Waals surface area contributed by atoms with Crippen molar-refractivity contribution in [3.8, 4) is 17.2 Å². The third-order valence-corrected chi connectivity index (χ3v) is 4.39. The highest BCUT2D eigenvalue weighted by Gasteiger charge is 2.11. The third kappa shape index (κ3) is 5.75. The van der Waals surface area contributed by atoms with Crippen LogP contribution in [0.1, 0.15) is 29.9 Å². The number of nitrogens with one attached hydrogen (secondary N) is 1. The number of ether oxygens (including phenoxy) is 3. The van der Waals surface area contributed by atoms with Crippen molar-refractivity contribution in [3.05, 3.63) is 72.1 Å². The topological polar surface area (TPSA) is 91.7 Å². The molecule has 1 heterocycles. The Morgan fingerprint density at radius 1 is 1.03 bits per heavy atom. The van der Waals surface area contributed by atoms with Gasteiger partial charge < -0.3 is 19.5 Å². The van der Waals surface area contributed by atoms with Crippen LogP contribution < -0.4 is 14.8 Å². The molecule has 32 heavy (non-hydrogen) atoms. The Morgan fingerprint density at radius 2 is 1.81 bits per heavy atom. The van der Waals surface area contributed by atoms with Crippen molar-refractivity contribution in [2.24, 2.45) is 0 Å². The van der Waals surface area contributed by atoms with Crippen molar-refractivity contribution in [1.29, 1.82) is 0 Å². The highest BCUT2D eigenvalue weighted by molar-refractivity contribution is 6.02. The van der Waals surface area contributed by atoms with Crippen LogP contribution in [-0.2, 0) is 9.53 Å². The second kappa shape index (κ2) is 10.8. The van der Waals surface area contributed by atoms with E-state index in [9.17, 15) is 9.59 Å². The molecule has 0 fully saturated rings. The van der Waals surface area contributed by atoms with Crippen LogP contribution in [0.5, 0.6) is 11.5 Å². The smallest absolute Gasteiger partial charge is 0.358 e. The number of hydrogen-bond donors (Lipinski definition) is 1. The van der Waals surface area contributed by atoms with Crippen molar-refractivity contribution < 1.29 is 23.8 Å². The Labute approximate surface area is 186 Å². The molecule has 0 spiro atoms. The highest BCUT2D eigenvalue weighted by Crippen LogP contribution is 2.28. The molecule has 166 valence electrons. The minimum atomic E-state index is -0.466. The van der Waals surface area contributed by atoms with Gasteiger partial charge in [-0.05, 0) is 68.0 Å². The first-order chi connectivity index (χ1) is 15.5. The van der Waals surface area contributed by atoms with Gasteiger partial charge in [-0.2, -0.15) is 5.10 Å². The number of anilines is 1. The summed E-state index contributed by atoms with van der Waals surface area (Å²) in [4.78, 5) is 24.0. The Balaban J connectivity index is 1.62. The minimum Gasteiger partial charge on any atom is -0.493 e. The predicted octanol–water partition coefficient (Wildman–Crippen LogP) is 4.11. The second-order valence-electron chi connectivity index (χ2n) is 6.58. The Bertz CT molecular complexity index is 1100. The van der Waals surface area contributed by atoms with E-state index in [1.165, 1.54) is 6.08 Å². The molecular weight excluding hydrogens is 410 g/mol. The third-order valence-electron chi connectivity index (χ3n) is 4.39. The molecule has 8 heteroatoms. The normalized spacial score (nSPS) is 10.7. The Hall–Kier alpha value is -4.07. The average Bonchev–Trinajstić information content (AvgIpc) is 3.29. The molecule has 3 rings (SSSR count). The van der Waals surface area contributed by atoms with Gasteiger partial charge >= 0.3 is 5.97 Å². The Kier molecular flexibility index (Phi) is 7.64. The number of rotatable bonds is 9. The summed E-state index contributed by atoms with van der Waals surface area (Å²) in [5, 5.41) is 7.02. The van der Waals surface area contributed by atoms with E-state index in [1.54, 1.807) is 67.4 Å². The first-order valence-corrected chi connectivity index (χ1v) is 10.2. The molecule has 0 atom stereocenters. The first-order valence-electron chi connectivity index (χ1n) is 10.2. The molecule has 0 aliphatic carbocycles. The number of methoxy groups -OCH3 is 1. The molecule has 2 aromatic carbocycles. The van der Waals surface area contributed by atoms with Crippen LogP contribution in [0.4, 0.5) is 5.69 Å².